The zero-order valence-electron chi connectivity index (χ0n) is 16.3. The van der Waals surface area contributed by atoms with Crippen molar-refractivity contribution >= 4 is 23.0 Å². The van der Waals surface area contributed by atoms with E-state index in [1.54, 1.807) is 32.9 Å². The van der Waals surface area contributed by atoms with Crippen LogP contribution in [0.1, 0.15) is 45.2 Å². The molecule has 27 heavy (non-hydrogen) atoms. The van der Waals surface area contributed by atoms with Crippen LogP contribution >= 0.6 is 0 Å². The molecule has 1 heterocycles. The molecule has 0 saturated heterocycles. The standard InChI is InChI=1S/C20H25NO6/c1-6-7-15-12(2)14-9-8-13(10-16(14)26-18(15)23)25-17(22)11-21-19(24)27-20(3,4)5/h8-10H,6-7,11H2,1-5H3,(H,21,24). The van der Waals surface area contributed by atoms with E-state index in [4.69, 9.17) is 13.9 Å². The molecule has 0 saturated carbocycles. The van der Waals surface area contributed by atoms with E-state index in [0.717, 1.165) is 17.4 Å². The van der Waals surface area contributed by atoms with Gasteiger partial charge in [0.15, 0.2) is 0 Å². The summed E-state index contributed by atoms with van der Waals surface area (Å²) < 4.78 is 15.6. The number of rotatable bonds is 5. The number of ether oxygens (including phenoxy) is 2. The summed E-state index contributed by atoms with van der Waals surface area (Å²) in [4.78, 5) is 35.6. The van der Waals surface area contributed by atoms with Gasteiger partial charge in [-0.15, -0.1) is 0 Å². The summed E-state index contributed by atoms with van der Waals surface area (Å²) in [5, 5.41) is 3.12. The Labute approximate surface area is 157 Å². The first-order valence-electron chi connectivity index (χ1n) is 8.84. The van der Waals surface area contributed by atoms with Gasteiger partial charge >= 0.3 is 17.7 Å². The number of esters is 1. The third-order valence-electron chi connectivity index (χ3n) is 3.77. The maximum atomic E-state index is 12.1. The quantitative estimate of drug-likeness (QED) is 0.488. The minimum atomic E-state index is -0.706. The van der Waals surface area contributed by atoms with Gasteiger partial charge in [0.2, 0.25) is 0 Å². The van der Waals surface area contributed by atoms with Crippen LogP contribution in [0.4, 0.5) is 4.79 Å². The molecule has 0 aliphatic heterocycles. The van der Waals surface area contributed by atoms with Gasteiger partial charge in [0.05, 0.1) is 0 Å². The molecule has 1 aromatic carbocycles. The van der Waals surface area contributed by atoms with Crippen LogP contribution in [-0.2, 0) is 16.0 Å². The van der Waals surface area contributed by atoms with Gasteiger partial charge in [0.25, 0.3) is 0 Å². The minimum Gasteiger partial charge on any atom is -0.444 e. The van der Waals surface area contributed by atoms with Crippen molar-refractivity contribution in [1.29, 1.82) is 0 Å². The first-order chi connectivity index (χ1) is 12.6. The third-order valence-corrected chi connectivity index (χ3v) is 3.77. The molecule has 0 spiro atoms. The highest BCUT2D eigenvalue weighted by Crippen LogP contribution is 2.24. The first-order valence-corrected chi connectivity index (χ1v) is 8.84. The maximum Gasteiger partial charge on any atom is 0.408 e. The second-order valence-corrected chi connectivity index (χ2v) is 7.23. The molecule has 146 valence electrons. The van der Waals surface area contributed by atoms with E-state index in [1.807, 2.05) is 13.8 Å². The molecular weight excluding hydrogens is 350 g/mol. The predicted octanol–water partition coefficient (Wildman–Crippen LogP) is 3.48. The number of benzene rings is 1. The highest BCUT2D eigenvalue weighted by molar-refractivity contribution is 5.84. The van der Waals surface area contributed by atoms with Crippen LogP contribution < -0.4 is 15.7 Å². The molecule has 0 radical (unpaired) electrons. The van der Waals surface area contributed by atoms with Crippen molar-refractivity contribution in [2.24, 2.45) is 0 Å². The lowest BCUT2D eigenvalue weighted by atomic mass is 10.0. The van der Waals surface area contributed by atoms with E-state index in [9.17, 15) is 14.4 Å². The summed E-state index contributed by atoms with van der Waals surface area (Å²) in [5.74, 6) is -0.439. The Bertz CT molecular complexity index is 907. The van der Waals surface area contributed by atoms with Crippen molar-refractivity contribution in [3.8, 4) is 5.75 Å². The van der Waals surface area contributed by atoms with Gasteiger partial charge < -0.3 is 19.2 Å². The topological polar surface area (TPSA) is 94.8 Å². The van der Waals surface area contributed by atoms with Crippen molar-refractivity contribution in [2.75, 3.05) is 6.54 Å². The van der Waals surface area contributed by atoms with Gasteiger partial charge in [-0.3, -0.25) is 0 Å². The molecule has 0 atom stereocenters. The fraction of sp³-hybridized carbons (Fsp3) is 0.450. The van der Waals surface area contributed by atoms with E-state index in [-0.39, 0.29) is 17.9 Å². The second kappa shape index (κ2) is 8.24. The van der Waals surface area contributed by atoms with Crippen LogP contribution in [0, 0.1) is 6.92 Å². The molecule has 1 amide bonds. The van der Waals surface area contributed by atoms with Crippen LogP contribution in [0.3, 0.4) is 0 Å². The fourth-order valence-electron chi connectivity index (χ4n) is 2.60. The monoisotopic (exact) mass is 375 g/mol. The number of fused-ring (bicyclic) bond motifs is 1. The molecule has 0 aliphatic rings. The smallest absolute Gasteiger partial charge is 0.408 e. The number of nitrogens with one attached hydrogen (secondary N) is 1. The number of alkyl carbamates (subject to hydrolysis) is 1. The first kappa shape index (κ1) is 20.5. The summed E-state index contributed by atoms with van der Waals surface area (Å²) in [6, 6.07) is 4.86. The minimum absolute atomic E-state index is 0.226. The van der Waals surface area contributed by atoms with Crippen LogP contribution in [0.5, 0.6) is 5.75 Å². The van der Waals surface area contributed by atoms with Gasteiger partial charge in [-0.25, -0.2) is 14.4 Å². The van der Waals surface area contributed by atoms with Gasteiger partial charge in [0.1, 0.15) is 23.5 Å². The Morgan fingerprint density at radius 1 is 1.22 bits per heavy atom. The van der Waals surface area contributed by atoms with Crippen LogP contribution in [0.25, 0.3) is 11.0 Å². The Hall–Kier alpha value is -2.83. The number of aryl methyl sites for hydroxylation is 1. The van der Waals surface area contributed by atoms with E-state index in [0.29, 0.717) is 17.6 Å². The molecule has 0 aliphatic carbocycles. The molecule has 2 rings (SSSR count). The molecule has 7 heteroatoms. The van der Waals surface area contributed by atoms with Crippen LogP contribution in [-0.4, -0.2) is 24.2 Å². The Kier molecular flexibility index (Phi) is 6.25. The SMILES string of the molecule is CCCc1c(C)c2ccc(OC(=O)CNC(=O)OC(C)(C)C)cc2oc1=O. The number of carbonyl (C=O) groups excluding carboxylic acids is 2. The summed E-state index contributed by atoms with van der Waals surface area (Å²) in [7, 11) is 0. The number of amides is 1. The van der Waals surface area contributed by atoms with Gasteiger partial charge in [-0.1, -0.05) is 13.3 Å². The molecule has 0 unspecified atom stereocenters. The van der Waals surface area contributed by atoms with Crippen molar-refractivity contribution in [1.82, 2.24) is 5.32 Å². The van der Waals surface area contributed by atoms with Crippen molar-refractivity contribution < 1.29 is 23.5 Å². The second-order valence-electron chi connectivity index (χ2n) is 7.23. The third kappa shape index (κ3) is 5.57. The molecular formula is C20H25NO6. The highest BCUT2D eigenvalue weighted by Gasteiger charge is 2.17. The average Bonchev–Trinajstić information content (AvgIpc) is 2.55. The van der Waals surface area contributed by atoms with Crippen molar-refractivity contribution in [3.05, 3.63) is 39.7 Å². The number of carbonyl (C=O) groups is 2. The van der Waals surface area contributed by atoms with Gasteiger partial charge in [0, 0.05) is 17.0 Å². The normalized spacial score (nSPS) is 11.3. The van der Waals surface area contributed by atoms with Crippen molar-refractivity contribution in [3.63, 3.8) is 0 Å². The summed E-state index contributed by atoms with van der Waals surface area (Å²) in [6.07, 6.45) is 0.789. The van der Waals surface area contributed by atoms with E-state index in [2.05, 4.69) is 5.32 Å². The highest BCUT2D eigenvalue weighted by atomic mass is 16.6. The lowest BCUT2D eigenvalue weighted by Crippen LogP contribution is -2.36. The summed E-state index contributed by atoms with van der Waals surface area (Å²) >= 11 is 0. The number of hydrogen-bond donors (Lipinski definition) is 1. The van der Waals surface area contributed by atoms with Gasteiger partial charge in [-0.2, -0.15) is 0 Å². The van der Waals surface area contributed by atoms with E-state index >= 15 is 0 Å². The zero-order valence-corrected chi connectivity index (χ0v) is 16.3. The Balaban J connectivity index is 2.09. The van der Waals surface area contributed by atoms with Crippen LogP contribution in [0.2, 0.25) is 0 Å². The Morgan fingerprint density at radius 2 is 1.93 bits per heavy atom. The lowest BCUT2D eigenvalue weighted by Gasteiger charge is -2.19. The zero-order chi connectivity index (χ0) is 20.2. The molecule has 1 aromatic heterocycles. The summed E-state index contributed by atoms with van der Waals surface area (Å²) in [5.41, 5.74) is 0.849. The molecule has 2 aromatic rings. The molecule has 1 N–H and O–H groups in total. The van der Waals surface area contributed by atoms with Crippen molar-refractivity contribution in [2.45, 2.75) is 53.1 Å². The predicted molar refractivity (Wildman–Crippen MR) is 101 cm³/mol. The molecule has 0 bridgehead atoms. The van der Waals surface area contributed by atoms with Crippen LogP contribution in [0.15, 0.2) is 27.4 Å². The summed E-state index contributed by atoms with van der Waals surface area (Å²) in [6.45, 7) is 8.70. The fourth-order valence-corrected chi connectivity index (χ4v) is 2.60. The lowest BCUT2D eigenvalue weighted by molar-refractivity contribution is -0.133. The number of hydrogen-bond acceptors (Lipinski definition) is 6. The largest absolute Gasteiger partial charge is 0.444 e. The van der Waals surface area contributed by atoms with E-state index < -0.39 is 17.7 Å². The molecule has 0 fully saturated rings. The molecule has 7 nitrogen and oxygen atoms in total. The average molecular weight is 375 g/mol. The Morgan fingerprint density at radius 3 is 2.56 bits per heavy atom. The van der Waals surface area contributed by atoms with E-state index in [1.165, 1.54) is 6.07 Å². The van der Waals surface area contributed by atoms with Gasteiger partial charge in [-0.05, 0) is 51.8 Å². The maximum absolute atomic E-state index is 12.1.